The van der Waals surface area contributed by atoms with Crippen molar-refractivity contribution < 1.29 is 14.6 Å². The van der Waals surface area contributed by atoms with E-state index in [1.165, 1.54) is 0 Å². The standard InChI is InChI=1S/C9H18O3/c1-6-4-7(5-10)9(12-3)8(6)11-2/h6-10H,4-5H2,1-3H3/t6-,7+,8+,9?/m1/s1. The molecular weight excluding hydrogens is 156 g/mol. The summed E-state index contributed by atoms with van der Waals surface area (Å²) in [5.41, 5.74) is 0. The van der Waals surface area contributed by atoms with Crippen molar-refractivity contribution in [3.8, 4) is 0 Å². The van der Waals surface area contributed by atoms with Gasteiger partial charge in [-0.2, -0.15) is 0 Å². The predicted molar refractivity (Wildman–Crippen MR) is 46.0 cm³/mol. The van der Waals surface area contributed by atoms with Gasteiger partial charge >= 0.3 is 0 Å². The van der Waals surface area contributed by atoms with E-state index in [0.29, 0.717) is 5.92 Å². The summed E-state index contributed by atoms with van der Waals surface area (Å²) in [6.45, 7) is 2.33. The molecule has 3 heteroatoms. The smallest absolute Gasteiger partial charge is 0.0885 e. The van der Waals surface area contributed by atoms with Crippen molar-refractivity contribution in [2.24, 2.45) is 11.8 Å². The molecule has 1 saturated carbocycles. The molecule has 72 valence electrons. The summed E-state index contributed by atoms with van der Waals surface area (Å²) in [4.78, 5) is 0. The second-order valence-corrected chi connectivity index (χ2v) is 3.56. The molecule has 12 heavy (non-hydrogen) atoms. The maximum atomic E-state index is 9.06. The molecule has 4 atom stereocenters. The van der Waals surface area contributed by atoms with E-state index in [0.717, 1.165) is 6.42 Å². The van der Waals surface area contributed by atoms with Crippen LogP contribution in [0, 0.1) is 11.8 Å². The topological polar surface area (TPSA) is 38.7 Å². The fourth-order valence-corrected chi connectivity index (χ4v) is 2.21. The first-order valence-corrected chi connectivity index (χ1v) is 4.41. The zero-order valence-electron chi connectivity index (χ0n) is 7.99. The van der Waals surface area contributed by atoms with Gasteiger partial charge in [0.25, 0.3) is 0 Å². The van der Waals surface area contributed by atoms with Gasteiger partial charge in [0.1, 0.15) is 0 Å². The third-order valence-electron chi connectivity index (χ3n) is 2.80. The van der Waals surface area contributed by atoms with Crippen molar-refractivity contribution in [3.63, 3.8) is 0 Å². The maximum Gasteiger partial charge on any atom is 0.0885 e. The van der Waals surface area contributed by atoms with Gasteiger partial charge in [-0.15, -0.1) is 0 Å². The summed E-state index contributed by atoms with van der Waals surface area (Å²) in [7, 11) is 3.38. The Bertz CT molecular complexity index is 138. The van der Waals surface area contributed by atoms with Crippen molar-refractivity contribution in [2.45, 2.75) is 25.6 Å². The molecule has 0 aromatic rings. The van der Waals surface area contributed by atoms with Crippen molar-refractivity contribution in [3.05, 3.63) is 0 Å². The molecule has 0 heterocycles. The molecule has 0 spiro atoms. The zero-order valence-corrected chi connectivity index (χ0v) is 7.99. The van der Waals surface area contributed by atoms with Gasteiger partial charge in [0.05, 0.1) is 12.2 Å². The number of aliphatic hydroxyl groups excluding tert-OH is 1. The van der Waals surface area contributed by atoms with Crippen molar-refractivity contribution in [2.75, 3.05) is 20.8 Å². The van der Waals surface area contributed by atoms with E-state index in [2.05, 4.69) is 6.92 Å². The van der Waals surface area contributed by atoms with E-state index in [9.17, 15) is 0 Å². The number of rotatable bonds is 3. The molecule has 0 aromatic carbocycles. The summed E-state index contributed by atoms with van der Waals surface area (Å²) in [6.07, 6.45) is 1.20. The minimum absolute atomic E-state index is 0.0648. The highest BCUT2D eigenvalue weighted by molar-refractivity contribution is 4.90. The van der Waals surface area contributed by atoms with Gasteiger partial charge in [-0.25, -0.2) is 0 Å². The Hall–Kier alpha value is -0.120. The molecule has 1 N–H and O–H groups in total. The Labute approximate surface area is 73.7 Å². The molecule has 1 aliphatic rings. The van der Waals surface area contributed by atoms with Gasteiger partial charge in [0, 0.05) is 26.7 Å². The summed E-state index contributed by atoms with van der Waals surface area (Å²) in [5, 5.41) is 9.06. The second kappa shape index (κ2) is 4.21. The lowest BCUT2D eigenvalue weighted by atomic mass is 10.1. The van der Waals surface area contributed by atoms with Crippen LogP contribution in [0.5, 0.6) is 0 Å². The van der Waals surface area contributed by atoms with E-state index in [1.54, 1.807) is 14.2 Å². The molecule has 0 saturated heterocycles. The molecule has 0 aliphatic heterocycles. The lowest BCUT2D eigenvalue weighted by Gasteiger charge is -2.22. The van der Waals surface area contributed by atoms with Crippen molar-refractivity contribution in [1.82, 2.24) is 0 Å². The van der Waals surface area contributed by atoms with Crippen LogP contribution in [-0.2, 0) is 9.47 Å². The first-order chi connectivity index (χ1) is 5.74. The Morgan fingerprint density at radius 2 is 1.83 bits per heavy atom. The van der Waals surface area contributed by atoms with Crippen LogP contribution in [0.3, 0.4) is 0 Å². The molecule has 1 unspecified atom stereocenters. The Kier molecular flexibility index (Phi) is 3.50. The van der Waals surface area contributed by atoms with Gasteiger partial charge in [-0.3, -0.25) is 0 Å². The molecule has 0 radical (unpaired) electrons. The number of hydrogen-bond acceptors (Lipinski definition) is 3. The van der Waals surface area contributed by atoms with Crippen LogP contribution in [0.1, 0.15) is 13.3 Å². The third-order valence-corrected chi connectivity index (χ3v) is 2.80. The summed E-state index contributed by atoms with van der Waals surface area (Å²) >= 11 is 0. The van der Waals surface area contributed by atoms with Crippen molar-refractivity contribution >= 4 is 0 Å². The largest absolute Gasteiger partial charge is 0.396 e. The predicted octanol–water partition coefficient (Wildman–Crippen LogP) is 0.665. The van der Waals surface area contributed by atoms with Crippen LogP contribution in [0.2, 0.25) is 0 Å². The molecular formula is C9H18O3. The fourth-order valence-electron chi connectivity index (χ4n) is 2.21. The third kappa shape index (κ3) is 1.63. The van der Waals surface area contributed by atoms with E-state index in [1.807, 2.05) is 0 Å². The first kappa shape index (κ1) is 9.96. The summed E-state index contributed by atoms with van der Waals surface area (Å²) in [5.74, 6) is 0.729. The zero-order chi connectivity index (χ0) is 9.14. The van der Waals surface area contributed by atoms with Gasteiger partial charge < -0.3 is 14.6 Å². The lowest BCUT2D eigenvalue weighted by Crippen LogP contribution is -2.32. The fraction of sp³-hybridized carbons (Fsp3) is 1.00. The molecule has 0 aromatic heterocycles. The second-order valence-electron chi connectivity index (χ2n) is 3.56. The minimum Gasteiger partial charge on any atom is -0.396 e. The molecule has 0 bridgehead atoms. The monoisotopic (exact) mass is 174 g/mol. The van der Waals surface area contributed by atoms with Crippen molar-refractivity contribution in [1.29, 1.82) is 0 Å². The minimum atomic E-state index is 0.0648. The van der Waals surface area contributed by atoms with E-state index < -0.39 is 0 Å². The van der Waals surface area contributed by atoms with Gasteiger partial charge in [0.2, 0.25) is 0 Å². The highest BCUT2D eigenvalue weighted by atomic mass is 16.5. The number of aliphatic hydroxyl groups is 1. The van der Waals surface area contributed by atoms with E-state index in [-0.39, 0.29) is 24.7 Å². The quantitative estimate of drug-likeness (QED) is 0.683. The SMILES string of the molecule is COC1[C@H](CO)C[C@@H](C)[C@@H]1OC. The average Bonchev–Trinajstić information content (AvgIpc) is 2.40. The van der Waals surface area contributed by atoms with Crippen LogP contribution in [0.4, 0.5) is 0 Å². The average molecular weight is 174 g/mol. The number of methoxy groups -OCH3 is 2. The summed E-state index contributed by atoms with van der Waals surface area (Å²) in [6, 6.07) is 0. The molecule has 1 fully saturated rings. The van der Waals surface area contributed by atoms with Gasteiger partial charge in [-0.1, -0.05) is 6.92 Å². The molecule has 1 aliphatic carbocycles. The van der Waals surface area contributed by atoms with Gasteiger partial charge in [-0.05, 0) is 12.3 Å². The van der Waals surface area contributed by atoms with Crippen LogP contribution in [-0.4, -0.2) is 38.1 Å². The first-order valence-electron chi connectivity index (χ1n) is 4.41. The Balaban J connectivity index is 2.61. The highest BCUT2D eigenvalue weighted by Crippen LogP contribution is 2.34. The molecule has 3 nitrogen and oxygen atoms in total. The molecule has 1 rings (SSSR count). The number of hydrogen-bond donors (Lipinski definition) is 1. The van der Waals surface area contributed by atoms with Crippen LogP contribution in [0.25, 0.3) is 0 Å². The Morgan fingerprint density at radius 3 is 2.25 bits per heavy atom. The van der Waals surface area contributed by atoms with E-state index in [4.69, 9.17) is 14.6 Å². The summed E-state index contributed by atoms with van der Waals surface area (Å²) < 4.78 is 10.6. The van der Waals surface area contributed by atoms with Crippen LogP contribution < -0.4 is 0 Å². The normalized spacial score (nSPS) is 42.0. The van der Waals surface area contributed by atoms with Gasteiger partial charge in [0.15, 0.2) is 0 Å². The maximum absolute atomic E-state index is 9.06. The van der Waals surface area contributed by atoms with E-state index >= 15 is 0 Å². The van der Waals surface area contributed by atoms with Crippen LogP contribution in [0.15, 0.2) is 0 Å². The Morgan fingerprint density at radius 1 is 1.25 bits per heavy atom. The highest BCUT2D eigenvalue weighted by Gasteiger charge is 2.41. The molecule has 0 amide bonds. The lowest BCUT2D eigenvalue weighted by molar-refractivity contribution is -0.0525. The number of ether oxygens (including phenoxy) is 2. The van der Waals surface area contributed by atoms with Crippen LogP contribution >= 0.6 is 0 Å².